The first-order valence-electron chi connectivity index (χ1n) is 40.3. The fourth-order valence-electron chi connectivity index (χ4n) is 12.0. The van der Waals surface area contributed by atoms with Gasteiger partial charge in [-0.15, -0.1) is 0 Å². The Morgan fingerprint density at radius 1 is 0.278 bits per heavy atom. The Morgan fingerprint density at radius 3 is 0.701 bits per heavy atom. The lowest BCUT2D eigenvalue weighted by molar-refractivity contribution is -0.161. The maximum Gasteiger partial charge on any atom is 0.472 e. The Bertz CT molecular complexity index is 1890. The van der Waals surface area contributed by atoms with Crippen molar-refractivity contribution in [2.75, 3.05) is 39.6 Å². The second-order valence-electron chi connectivity index (χ2n) is 29.5. The van der Waals surface area contributed by atoms with E-state index in [1.807, 2.05) is 0 Å². The van der Waals surface area contributed by atoms with Crippen LogP contribution in [0.3, 0.4) is 0 Å². The molecular formula is C78H152O17P2. The van der Waals surface area contributed by atoms with Gasteiger partial charge in [-0.05, 0) is 43.4 Å². The summed E-state index contributed by atoms with van der Waals surface area (Å²) in [5.41, 5.74) is 0. The molecule has 0 aliphatic heterocycles. The van der Waals surface area contributed by atoms with Crippen molar-refractivity contribution < 1.29 is 80.2 Å². The molecule has 0 spiro atoms. The minimum Gasteiger partial charge on any atom is -0.462 e. The van der Waals surface area contributed by atoms with Crippen molar-refractivity contribution in [3.8, 4) is 0 Å². The molecule has 3 N–H and O–H groups in total. The Balaban J connectivity index is 5.19. The largest absolute Gasteiger partial charge is 0.472 e. The minimum absolute atomic E-state index is 0.107. The van der Waals surface area contributed by atoms with E-state index in [1.165, 1.54) is 199 Å². The van der Waals surface area contributed by atoms with Gasteiger partial charge < -0.3 is 33.8 Å². The third kappa shape index (κ3) is 72.2. The summed E-state index contributed by atoms with van der Waals surface area (Å²) in [5.74, 6) is 0.262. The number of carbonyl (C=O) groups excluding carboxylic acids is 4. The molecule has 0 saturated carbocycles. The maximum atomic E-state index is 13.1. The Hall–Kier alpha value is -1.94. The molecule has 576 valence electrons. The number of aliphatic hydroxyl groups is 1. The van der Waals surface area contributed by atoms with Gasteiger partial charge in [0.1, 0.15) is 19.3 Å². The third-order valence-corrected chi connectivity index (χ3v) is 20.0. The van der Waals surface area contributed by atoms with Crippen molar-refractivity contribution in [2.24, 2.45) is 17.8 Å². The zero-order valence-corrected chi connectivity index (χ0v) is 65.3. The van der Waals surface area contributed by atoms with Crippen molar-refractivity contribution in [1.82, 2.24) is 0 Å². The van der Waals surface area contributed by atoms with Crippen LogP contribution < -0.4 is 0 Å². The van der Waals surface area contributed by atoms with E-state index in [-0.39, 0.29) is 25.7 Å². The van der Waals surface area contributed by atoms with Gasteiger partial charge in [0.15, 0.2) is 12.2 Å². The zero-order valence-electron chi connectivity index (χ0n) is 63.5. The highest BCUT2D eigenvalue weighted by molar-refractivity contribution is 7.47. The van der Waals surface area contributed by atoms with Gasteiger partial charge in [-0.3, -0.25) is 37.3 Å². The summed E-state index contributed by atoms with van der Waals surface area (Å²) in [6, 6.07) is 0. The van der Waals surface area contributed by atoms with Crippen LogP contribution in [0.5, 0.6) is 0 Å². The highest BCUT2D eigenvalue weighted by Crippen LogP contribution is 2.45. The van der Waals surface area contributed by atoms with Gasteiger partial charge in [0, 0.05) is 25.7 Å². The number of rotatable bonds is 76. The summed E-state index contributed by atoms with van der Waals surface area (Å²) in [5, 5.41) is 10.6. The Kier molecular flexibility index (Phi) is 67.1. The fourth-order valence-corrected chi connectivity index (χ4v) is 13.5. The number of esters is 4. The number of phosphoric acid groups is 2. The molecule has 97 heavy (non-hydrogen) atoms. The van der Waals surface area contributed by atoms with E-state index in [0.29, 0.717) is 25.7 Å². The number of phosphoric ester groups is 2. The normalized spacial score (nSPS) is 14.0. The van der Waals surface area contributed by atoms with Crippen LogP contribution >= 0.6 is 15.6 Å². The summed E-state index contributed by atoms with van der Waals surface area (Å²) in [4.78, 5) is 72.8. The van der Waals surface area contributed by atoms with E-state index in [2.05, 4.69) is 48.5 Å². The average Bonchev–Trinajstić information content (AvgIpc) is 3.72. The van der Waals surface area contributed by atoms with Crippen molar-refractivity contribution in [2.45, 2.75) is 420 Å². The summed E-state index contributed by atoms with van der Waals surface area (Å²) in [6.45, 7) is 11.9. The first-order valence-corrected chi connectivity index (χ1v) is 43.3. The summed E-state index contributed by atoms with van der Waals surface area (Å²) in [6.07, 6.45) is 55.6. The standard InChI is InChI=1S/C78H152O17P2/c1-8-9-10-11-35-45-52-59-75(80)88-65-73(94-77(82)62-55-48-41-34-28-22-16-19-25-31-38-44-51-58-71(6)7)67-92-96(84,85)90-63-72(79)64-91-97(86,87)93-68-74(66-89-76(81)60-53-46-39-32-26-21-15-18-24-30-37-43-50-57-70(4)5)95-78(83)61-54-47-40-33-27-20-14-12-13-17-23-29-36-42-49-56-69(2)3/h69-74,79H,8-68H2,1-7H3,(H,84,85)(H,86,87)/t72-,73+,74+/m0/s1. The van der Waals surface area contributed by atoms with Crippen molar-refractivity contribution in [3.05, 3.63) is 0 Å². The molecular weight excluding hydrogens is 1270 g/mol. The van der Waals surface area contributed by atoms with Crippen molar-refractivity contribution >= 4 is 39.5 Å². The number of aliphatic hydroxyl groups excluding tert-OH is 1. The molecule has 17 nitrogen and oxygen atoms in total. The molecule has 0 saturated heterocycles. The topological polar surface area (TPSA) is 237 Å². The molecule has 0 rings (SSSR count). The quantitative estimate of drug-likeness (QED) is 0.0222. The zero-order chi connectivity index (χ0) is 71.6. The molecule has 0 fully saturated rings. The first kappa shape index (κ1) is 95.1. The Labute approximate surface area is 594 Å². The van der Waals surface area contributed by atoms with Crippen LogP contribution in [-0.2, 0) is 65.4 Å². The Morgan fingerprint density at radius 2 is 0.474 bits per heavy atom. The van der Waals surface area contributed by atoms with E-state index >= 15 is 0 Å². The van der Waals surface area contributed by atoms with Crippen LogP contribution in [0, 0.1) is 17.8 Å². The van der Waals surface area contributed by atoms with E-state index in [1.54, 1.807) is 0 Å². The predicted molar refractivity (Wildman–Crippen MR) is 395 cm³/mol. The van der Waals surface area contributed by atoms with Crippen LogP contribution in [0.1, 0.15) is 402 Å². The van der Waals surface area contributed by atoms with Gasteiger partial charge >= 0.3 is 39.5 Å². The number of unbranched alkanes of at least 4 members (excludes halogenated alkanes) is 44. The second-order valence-corrected chi connectivity index (χ2v) is 32.4. The average molecular weight is 1420 g/mol. The molecule has 0 amide bonds. The van der Waals surface area contributed by atoms with Gasteiger partial charge in [0.2, 0.25) is 0 Å². The van der Waals surface area contributed by atoms with Gasteiger partial charge in [0.05, 0.1) is 26.4 Å². The molecule has 0 aromatic carbocycles. The number of hydrogen-bond donors (Lipinski definition) is 3. The SMILES string of the molecule is CCCCCCCCCC(=O)OC[C@H](COP(=O)(O)OC[C@H](O)COP(=O)(O)OC[C@@H](COC(=O)CCCCCCCCCCCCCCCC(C)C)OC(=O)CCCCCCCCCCCCCCCCCC(C)C)OC(=O)CCCCCCCCCCCCCCCC(C)C. The van der Waals surface area contributed by atoms with Crippen molar-refractivity contribution in [1.29, 1.82) is 0 Å². The third-order valence-electron chi connectivity index (χ3n) is 18.1. The fraction of sp³-hybridized carbons (Fsp3) is 0.949. The number of carbonyl (C=O) groups is 4. The lowest BCUT2D eigenvalue weighted by Crippen LogP contribution is -2.30. The summed E-state index contributed by atoms with van der Waals surface area (Å²) >= 11 is 0. The monoisotopic (exact) mass is 1420 g/mol. The van der Waals surface area contributed by atoms with Crippen LogP contribution in [-0.4, -0.2) is 96.7 Å². The van der Waals surface area contributed by atoms with Crippen LogP contribution in [0.4, 0.5) is 0 Å². The molecule has 0 aromatic heterocycles. The van der Waals surface area contributed by atoms with Gasteiger partial charge in [-0.25, -0.2) is 9.13 Å². The molecule has 0 aromatic rings. The molecule has 0 heterocycles. The lowest BCUT2D eigenvalue weighted by atomic mass is 10.0. The highest BCUT2D eigenvalue weighted by Gasteiger charge is 2.30. The molecule has 19 heteroatoms. The second kappa shape index (κ2) is 68.5. The first-order chi connectivity index (χ1) is 46.7. The van der Waals surface area contributed by atoms with Crippen LogP contribution in [0.2, 0.25) is 0 Å². The van der Waals surface area contributed by atoms with Gasteiger partial charge in [-0.2, -0.15) is 0 Å². The van der Waals surface area contributed by atoms with Crippen LogP contribution in [0.15, 0.2) is 0 Å². The van der Waals surface area contributed by atoms with Gasteiger partial charge in [-0.1, -0.05) is 350 Å². The molecule has 0 aliphatic rings. The van der Waals surface area contributed by atoms with E-state index in [4.69, 9.17) is 37.0 Å². The molecule has 0 radical (unpaired) electrons. The van der Waals surface area contributed by atoms with Crippen LogP contribution in [0.25, 0.3) is 0 Å². The van der Waals surface area contributed by atoms with E-state index in [0.717, 1.165) is 120 Å². The summed E-state index contributed by atoms with van der Waals surface area (Å²) in [7, 11) is -9.91. The van der Waals surface area contributed by atoms with Crippen molar-refractivity contribution in [3.63, 3.8) is 0 Å². The molecule has 0 bridgehead atoms. The summed E-state index contributed by atoms with van der Waals surface area (Å²) < 4.78 is 68.5. The van der Waals surface area contributed by atoms with Gasteiger partial charge in [0.25, 0.3) is 0 Å². The lowest BCUT2D eigenvalue weighted by Gasteiger charge is -2.21. The van der Waals surface area contributed by atoms with E-state index < -0.39 is 97.5 Å². The van der Waals surface area contributed by atoms with E-state index in [9.17, 15) is 43.2 Å². The molecule has 5 atom stereocenters. The number of ether oxygens (including phenoxy) is 4. The molecule has 2 unspecified atom stereocenters. The molecule has 0 aliphatic carbocycles. The highest BCUT2D eigenvalue weighted by atomic mass is 31.2. The smallest absolute Gasteiger partial charge is 0.462 e. The minimum atomic E-state index is -4.96. The number of hydrogen-bond acceptors (Lipinski definition) is 15. The predicted octanol–water partition coefficient (Wildman–Crippen LogP) is 23.0. The maximum absolute atomic E-state index is 13.1.